The fraction of sp³-hybridized carbons (Fsp3) is 0.308. The van der Waals surface area contributed by atoms with Crippen molar-refractivity contribution < 1.29 is 26.3 Å². The predicted octanol–water partition coefficient (Wildman–Crippen LogP) is 6.36. The monoisotopic (exact) mass is 536 g/mol. The number of aryl methyl sites for hydroxylation is 2. The van der Waals surface area contributed by atoms with Gasteiger partial charge in [0.1, 0.15) is 11.9 Å². The van der Waals surface area contributed by atoms with Crippen molar-refractivity contribution >= 4 is 27.5 Å². The lowest BCUT2D eigenvalue weighted by molar-refractivity contribution is -0.139. The zero-order valence-corrected chi connectivity index (χ0v) is 21.7. The quantitative estimate of drug-likeness (QED) is 0.381. The maximum Gasteiger partial charge on any atom is 0.419 e. The molecular formula is C26H27F3N2O3S2. The van der Waals surface area contributed by atoms with Gasteiger partial charge in [0.25, 0.3) is 10.0 Å². The van der Waals surface area contributed by atoms with Crippen LogP contribution in [-0.4, -0.2) is 39.6 Å². The summed E-state index contributed by atoms with van der Waals surface area (Å²) in [7, 11) is -2.16. The van der Waals surface area contributed by atoms with Crippen LogP contribution in [0.3, 0.4) is 0 Å². The first-order valence-electron chi connectivity index (χ1n) is 11.4. The number of nitrogens with zero attached hydrogens (tertiary/aromatic N) is 1. The Labute approximate surface area is 213 Å². The smallest absolute Gasteiger partial charge is 0.419 e. The standard InChI is InChI=1S/C26H27F3N2O3S2/c1-17-4-6-22(14-18(17)2)35-21-7-9-23(10-8-21)36(32,33)30-19-5-11-24(26(27,28)29)25(15-19)34-20-12-13-31(3)16-20/h4-11,14-15,20,30H,12-13,16H2,1-3H3/t20-/m1/s1. The molecule has 1 fully saturated rings. The van der Waals surface area contributed by atoms with E-state index in [1.54, 1.807) is 12.1 Å². The van der Waals surface area contributed by atoms with Gasteiger partial charge < -0.3 is 9.64 Å². The van der Waals surface area contributed by atoms with Crippen molar-refractivity contribution in [3.63, 3.8) is 0 Å². The number of anilines is 1. The van der Waals surface area contributed by atoms with Gasteiger partial charge in [0.15, 0.2) is 0 Å². The molecule has 3 aromatic rings. The highest BCUT2D eigenvalue weighted by atomic mass is 32.2. The molecule has 192 valence electrons. The van der Waals surface area contributed by atoms with Gasteiger partial charge in [-0.25, -0.2) is 8.42 Å². The topological polar surface area (TPSA) is 58.6 Å². The van der Waals surface area contributed by atoms with Gasteiger partial charge in [0.2, 0.25) is 0 Å². The van der Waals surface area contributed by atoms with Crippen LogP contribution in [0.5, 0.6) is 5.75 Å². The second-order valence-electron chi connectivity index (χ2n) is 8.92. The minimum atomic E-state index is -4.62. The number of hydrogen-bond acceptors (Lipinski definition) is 5. The van der Waals surface area contributed by atoms with E-state index in [1.165, 1.54) is 35.0 Å². The van der Waals surface area contributed by atoms with Crippen LogP contribution in [0, 0.1) is 13.8 Å². The Morgan fingerprint density at radius 2 is 1.67 bits per heavy atom. The summed E-state index contributed by atoms with van der Waals surface area (Å²) in [5.41, 5.74) is 1.42. The summed E-state index contributed by atoms with van der Waals surface area (Å²) in [4.78, 5) is 3.88. The maximum absolute atomic E-state index is 13.5. The van der Waals surface area contributed by atoms with E-state index in [1.807, 2.05) is 37.9 Å². The summed E-state index contributed by atoms with van der Waals surface area (Å²) < 4.78 is 74.5. The number of ether oxygens (including phenoxy) is 1. The molecule has 0 saturated carbocycles. The number of benzene rings is 3. The first-order chi connectivity index (χ1) is 16.9. The SMILES string of the molecule is Cc1ccc(Sc2ccc(S(=O)(=O)Nc3ccc(C(F)(F)F)c(O[C@@H]4CCN(C)C4)c3)cc2)cc1C. The Bertz CT molecular complexity index is 1340. The van der Waals surface area contributed by atoms with Crippen molar-refractivity contribution in [1.29, 1.82) is 0 Å². The minimum Gasteiger partial charge on any atom is -0.488 e. The summed E-state index contributed by atoms with van der Waals surface area (Å²) in [6, 6.07) is 15.5. The maximum atomic E-state index is 13.5. The second-order valence-corrected chi connectivity index (χ2v) is 11.8. The lowest BCUT2D eigenvalue weighted by Crippen LogP contribution is -2.23. The van der Waals surface area contributed by atoms with Gasteiger partial charge in [0.05, 0.1) is 16.1 Å². The Kier molecular flexibility index (Phi) is 7.59. The van der Waals surface area contributed by atoms with Crippen LogP contribution in [0.25, 0.3) is 0 Å². The summed E-state index contributed by atoms with van der Waals surface area (Å²) in [6.07, 6.45) is -4.43. The van der Waals surface area contributed by atoms with E-state index >= 15 is 0 Å². The van der Waals surface area contributed by atoms with Gasteiger partial charge in [-0.3, -0.25) is 4.72 Å². The average molecular weight is 537 g/mol. The number of sulfonamides is 1. The van der Waals surface area contributed by atoms with Crippen molar-refractivity contribution in [3.05, 3.63) is 77.4 Å². The molecule has 0 aromatic heterocycles. The van der Waals surface area contributed by atoms with Gasteiger partial charge >= 0.3 is 6.18 Å². The molecule has 10 heteroatoms. The lowest BCUT2D eigenvalue weighted by Gasteiger charge is -2.19. The Hall–Kier alpha value is -2.69. The molecular weight excluding hydrogens is 509 g/mol. The number of hydrogen-bond donors (Lipinski definition) is 1. The fourth-order valence-corrected chi connectivity index (χ4v) is 5.87. The third-order valence-electron chi connectivity index (χ3n) is 6.03. The number of alkyl halides is 3. The zero-order chi connectivity index (χ0) is 26.1. The predicted molar refractivity (Wildman–Crippen MR) is 135 cm³/mol. The van der Waals surface area contributed by atoms with Crippen LogP contribution in [0.1, 0.15) is 23.1 Å². The third-order valence-corrected chi connectivity index (χ3v) is 8.42. The Morgan fingerprint density at radius 1 is 0.972 bits per heavy atom. The van der Waals surface area contributed by atoms with E-state index in [9.17, 15) is 21.6 Å². The highest BCUT2D eigenvalue weighted by molar-refractivity contribution is 7.99. The van der Waals surface area contributed by atoms with Crippen molar-refractivity contribution in [2.24, 2.45) is 0 Å². The van der Waals surface area contributed by atoms with Crippen LogP contribution < -0.4 is 9.46 Å². The second kappa shape index (κ2) is 10.4. The van der Waals surface area contributed by atoms with E-state index in [0.29, 0.717) is 13.0 Å². The normalized spacial score (nSPS) is 16.8. The van der Waals surface area contributed by atoms with Crippen molar-refractivity contribution in [3.8, 4) is 5.75 Å². The summed E-state index contributed by atoms with van der Waals surface area (Å²) in [6.45, 7) is 5.29. The molecule has 1 aliphatic heterocycles. The lowest BCUT2D eigenvalue weighted by atomic mass is 10.1. The molecule has 0 aliphatic carbocycles. The molecule has 1 aliphatic rings. The van der Waals surface area contributed by atoms with Crippen LogP contribution in [-0.2, 0) is 16.2 Å². The van der Waals surface area contributed by atoms with E-state index in [2.05, 4.69) is 10.8 Å². The fourth-order valence-electron chi connectivity index (χ4n) is 3.90. The summed E-state index contributed by atoms with van der Waals surface area (Å²) >= 11 is 1.51. The van der Waals surface area contributed by atoms with Crippen molar-refractivity contribution in [2.45, 2.75) is 47.2 Å². The van der Waals surface area contributed by atoms with Gasteiger partial charge in [-0.2, -0.15) is 13.2 Å². The molecule has 0 radical (unpaired) electrons. The number of likely N-dealkylation sites (tertiary alicyclic amines) is 1. The summed E-state index contributed by atoms with van der Waals surface area (Å²) in [5, 5.41) is 0. The van der Waals surface area contributed by atoms with E-state index in [4.69, 9.17) is 4.74 Å². The van der Waals surface area contributed by atoms with Crippen LogP contribution in [0.15, 0.2) is 75.4 Å². The van der Waals surface area contributed by atoms with Crippen LogP contribution >= 0.6 is 11.8 Å². The zero-order valence-electron chi connectivity index (χ0n) is 20.1. The molecule has 5 nitrogen and oxygen atoms in total. The van der Waals surface area contributed by atoms with Gasteiger partial charge in [0, 0.05) is 28.9 Å². The molecule has 0 bridgehead atoms. The first-order valence-corrected chi connectivity index (χ1v) is 13.6. The van der Waals surface area contributed by atoms with E-state index in [-0.39, 0.29) is 16.3 Å². The molecule has 36 heavy (non-hydrogen) atoms. The van der Waals surface area contributed by atoms with Crippen molar-refractivity contribution in [2.75, 3.05) is 24.9 Å². The molecule has 3 aromatic carbocycles. The Balaban J connectivity index is 1.52. The minimum absolute atomic E-state index is 0.00191. The molecule has 4 rings (SSSR count). The molecule has 0 spiro atoms. The van der Waals surface area contributed by atoms with Crippen LogP contribution in [0.2, 0.25) is 0 Å². The number of likely N-dealkylation sites (N-methyl/N-ethyl adjacent to an activating group) is 1. The van der Waals surface area contributed by atoms with Gasteiger partial charge in [-0.1, -0.05) is 17.8 Å². The van der Waals surface area contributed by atoms with E-state index < -0.39 is 27.9 Å². The molecule has 0 amide bonds. The van der Waals surface area contributed by atoms with Crippen LogP contribution in [0.4, 0.5) is 18.9 Å². The highest BCUT2D eigenvalue weighted by Crippen LogP contribution is 2.39. The van der Waals surface area contributed by atoms with Gasteiger partial charge in [-0.15, -0.1) is 0 Å². The molecule has 0 unspecified atom stereocenters. The number of rotatable bonds is 7. The number of nitrogens with one attached hydrogen (secondary N) is 1. The first kappa shape index (κ1) is 26.4. The molecule has 1 N–H and O–H groups in total. The highest BCUT2D eigenvalue weighted by Gasteiger charge is 2.36. The summed E-state index contributed by atoms with van der Waals surface area (Å²) in [5.74, 6) is -0.386. The Morgan fingerprint density at radius 3 is 2.28 bits per heavy atom. The third kappa shape index (κ3) is 6.35. The largest absolute Gasteiger partial charge is 0.488 e. The molecule has 1 saturated heterocycles. The average Bonchev–Trinajstić information content (AvgIpc) is 3.20. The number of halogens is 3. The molecule has 1 atom stereocenters. The van der Waals surface area contributed by atoms with Gasteiger partial charge in [-0.05, 0) is 87.0 Å². The van der Waals surface area contributed by atoms with Crippen molar-refractivity contribution in [1.82, 2.24) is 4.90 Å². The van der Waals surface area contributed by atoms with E-state index in [0.717, 1.165) is 34.5 Å². The molecule has 1 heterocycles.